The molecule has 0 radical (unpaired) electrons. The summed E-state index contributed by atoms with van der Waals surface area (Å²) in [5, 5.41) is 0. The molecular formula is C23H19BrIN3O2. The fraction of sp³-hybridized carbons (Fsp3) is 0.130. The highest BCUT2D eigenvalue weighted by Crippen LogP contribution is 2.37. The highest BCUT2D eigenvalue weighted by molar-refractivity contribution is 9.10. The highest BCUT2D eigenvalue weighted by atomic mass is 127. The number of imidazole rings is 1. The van der Waals surface area contributed by atoms with Crippen molar-refractivity contribution in [2.45, 2.75) is 0 Å². The molecule has 4 aromatic rings. The topological polar surface area (TPSA) is 40.2 Å². The van der Waals surface area contributed by atoms with Crippen LogP contribution < -0.4 is 38.0 Å². The lowest BCUT2D eigenvalue weighted by atomic mass is 10.1. The zero-order valence-corrected chi connectivity index (χ0v) is 20.2. The summed E-state index contributed by atoms with van der Waals surface area (Å²) in [4.78, 5) is 4.97. The molecule has 2 aromatic heterocycles. The Morgan fingerprint density at radius 3 is 2.57 bits per heavy atom. The van der Waals surface area contributed by atoms with E-state index in [4.69, 9.17) is 14.5 Å². The average Bonchev–Trinajstić information content (AvgIpc) is 3.31. The van der Waals surface area contributed by atoms with Gasteiger partial charge in [0.25, 0.3) is 0 Å². The maximum absolute atomic E-state index is 5.51. The first-order valence-electron chi connectivity index (χ1n) is 9.29. The summed E-state index contributed by atoms with van der Waals surface area (Å²) >= 11 is 3.62. The third-order valence-electron chi connectivity index (χ3n) is 5.16. The maximum atomic E-state index is 5.51. The van der Waals surface area contributed by atoms with Gasteiger partial charge in [-0.1, -0.05) is 46.3 Å². The Balaban J connectivity index is 0.00000218. The Labute approximate surface area is 200 Å². The van der Waals surface area contributed by atoms with Gasteiger partial charge in [0, 0.05) is 29.2 Å². The van der Waals surface area contributed by atoms with Crippen molar-refractivity contribution >= 4 is 39.1 Å². The molecular weight excluding hydrogens is 557 g/mol. The van der Waals surface area contributed by atoms with E-state index >= 15 is 0 Å². The number of nitrogens with zero attached hydrogens (tertiary/aromatic N) is 3. The predicted molar refractivity (Wildman–Crippen MR) is 117 cm³/mol. The summed E-state index contributed by atoms with van der Waals surface area (Å²) in [6.07, 6.45) is 6.22. The van der Waals surface area contributed by atoms with Gasteiger partial charge in [-0.25, -0.2) is 4.98 Å². The van der Waals surface area contributed by atoms with Crippen LogP contribution in [0.1, 0.15) is 11.3 Å². The van der Waals surface area contributed by atoms with Crippen LogP contribution in [-0.4, -0.2) is 16.3 Å². The third kappa shape index (κ3) is 3.60. The summed E-state index contributed by atoms with van der Waals surface area (Å²) in [6.45, 7) is 0.263. The molecule has 5 rings (SSSR count). The number of hydrogen-bond acceptors (Lipinski definition) is 3. The van der Waals surface area contributed by atoms with Crippen molar-refractivity contribution in [3.63, 3.8) is 0 Å². The van der Waals surface area contributed by atoms with Crippen LogP contribution in [0.3, 0.4) is 0 Å². The second-order valence-electron chi connectivity index (χ2n) is 6.97. The Hall–Kier alpha value is -2.39. The summed E-state index contributed by atoms with van der Waals surface area (Å²) in [6, 6.07) is 16.3. The third-order valence-corrected chi connectivity index (χ3v) is 5.85. The van der Waals surface area contributed by atoms with Gasteiger partial charge in [0.15, 0.2) is 23.2 Å². The van der Waals surface area contributed by atoms with Crippen LogP contribution in [0, 0.1) is 0 Å². The minimum Gasteiger partial charge on any atom is -1.00 e. The van der Waals surface area contributed by atoms with Gasteiger partial charge in [0.1, 0.15) is 12.9 Å². The number of aryl methyl sites for hydroxylation is 2. The number of fused-ring (bicyclic) bond motifs is 2. The van der Waals surface area contributed by atoms with Crippen LogP contribution in [0.25, 0.3) is 34.6 Å². The number of aromatic nitrogens is 3. The first-order valence-corrected chi connectivity index (χ1v) is 10.1. The molecule has 2 aromatic carbocycles. The molecule has 0 spiro atoms. The number of benzene rings is 2. The van der Waals surface area contributed by atoms with Crippen LogP contribution >= 0.6 is 15.9 Å². The van der Waals surface area contributed by atoms with Crippen molar-refractivity contribution in [3.05, 3.63) is 70.5 Å². The van der Waals surface area contributed by atoms with Crippen molar-refractivity contribution in [2.24, 2.45) is 14.1 Å². The fourth-order valence-electron chi connectivity index (χ4n) is 3.59. The summed E-state index contributed by atoms with van der Waals surface area (Å²) in [5.41, 5.74) is 5.20. The molecule has 1 aliphatic heterocycles. The maximum Gasteiger partial charge on any atom is 0.233 e. The molecule has 0 fully saturated rings. The van der Waals surface area contributed by atoms with Gasteiger partial charge < -0.3 is 38.0 Å². The van der Waals surface area contributed by atoms with Gasteiger partial charge in [0.2, 0.25) is 12.5 Å². The minimum atomic E-state index is 0. The summed E-state index contributed by atoms with van der Waals surface area (Å²) < 4.78 is 16.1. The molecule has 0 unspecified atom stereocenters. The molecule has 0 aliphatic carbocycles. The molecule has 0 amide bonds. The second-order valence-corrected chi connectivity index (χ2v) is 7.82. The van der Waals surface area contributed by atoms with E-state index in [2.05, 4.69) is 68.7 Å². The normalized spacial score (nSPS) is 12.5. The predicted octanol–water partition coefficient (Wildman–Crippen LogP) is 1.73. The van der Waals surface area contributed by atoms with Crippen molar-refractivity contribution in [1.82, 2.24) is 9.55 Å². The Morgan fingerprint density at radius 1 is 1.07 bits per heavy atom. The number of ether oxygens (including phenoxy) is 2. The van der Waals surface area contributed by atoms with Gasteiger partial charge in [-0.3, -0.25) is 0 Å². The molecule has 30 heavy (non-hydrogen) atoms. The molecule has 0 atom stereocenters. The lowest BCUT2D eigenvalue weighted by molar-refractivity contribution is -0.671. The van der Waals surface area contributed by atoms with E-state index in [9.17, 15) is 0 Å². The van der Waals surface area contributed by atoms with E-state index in [0.29, 0.717) is 0 Å². The Bertz CT molecular complexity index is 1270. The summed E-state index contributed by atoms with van der Waals surface area (Å²) in [7, 11) is 4.09. The SMILES string of the molecule is Cn1c(-c2ccccc2)nc2c(/C=C/c3cc4c(cc3Br)OCO4)[n+](C)ccc21.[I-]. The van der Waals surface area contributed by atoms with Crippen molar-refractivity contribution in [1.29, 1.82) is 0 Å². The van der Waals surface area contributed by atoms with Crippen LogP contribution in [0.5, 0.6) is 11.5 Å². The van der Waals surface area contributed by atoms with Crippen molar-refractivity contribution in [2.75, 3.05) is 6.79 Å². The first kappa shape index (κ1) is 20.9. The van der Waals surface area contributed by atoms with Crippen LogP contribution in [0.2, 0.25) is 0 Å². The lowest BCUT2D eigenvalue weighted by Gasteiger charge is -2.02. The van der Waals surface area contributed by atoms with Gasteiger partial charge in [-0.05, 0) is 23.8 Å². The van der Waals surface area contributed by atoms with Crippen molar-refractivity contribution in [3.8, 4) is 22.9 Å². The Morgan fingerprint density at radius 2 is 1.80 bits per heavy atom. The van der Waals surface area contributed by atoms with E-state index in [-0.39, 0.29) is 30.8 Å². The zero-order valence-electron chi connectivity index (χ0n) is 16.5. The molecule has 0 saturated carbocycles. The zero-order chi connectivity index (χ0) is 20.0. The van der Waals surface area contributed by atoms with Crippen molar-refractivity contribution < 1.29 is 38.0 Å². The average molecular weight is 576 g/mol. The quantitative estimate of drug-likeness (QED) is 0.276. The molecule has 7 heteroatoms. The fourth-order valence-corrected chi connectivity index (χ4v) is 4.05. The van der Waals surface area contributed by atoms with Crippen LogP contribution in [0.4, 0.5) is 0 Å². The van der Waals surface area contributed by atoms with Gasteiger partial charge in [0.05, 0.1) is 5.52 Å². The van der Waals surface area contributed by atoms with E-state index < -0.39 is 0 Å². The molecule has 152 valence electrons. The highest BCUT2D eigenvalue weighted by Gasteiger charge is 2.19. The van der Waals surface area contributed by atoms with Crippen LogP contribution in [0.15, 0.2) is 59.2 Å². The largest absolute Gasteiger partial charge is 1.00 e. The lowest BCUT2D eigenvalue weighted by Crippen LogP contribution is -3.00. The van der Waals surface area contributed by atoms with E-state index in [0.717, 1.165) is 49.7 Å². The number of rotatable bonds is 3. The van der Waals surface area contributed by atoms with E-state index in [1.807, 2.05) is 37.4 Å². The number of hydrogen-bond donors (Lipinski definition) is 0. The molecule has 1 aliphatic rings. The molecule has 0 N–H and O–H groups in total. The molecule has 5 nitrogen and oxygen atoms in total. The second kappa shape index (κ2) is 8.39. The molecule has 0 bridgehead atoms. The minimum absolute atomic E-state index is 0. The molecule has 3 heterocycles. The number of halogens is 2. The summed E-state index contributed by atoms with van der Waals surface area (Å²) in [5.74, 6) is 2.48. The number of pyridine rings is 1. The van der Waals surface area contributed by atoms with Gasteiger partial charge in [-0.2, -0.15) is 4.57 Å². The van der Waals surface area contributed by atoms with E-state index in [1.54, 1.807) is 0 Å². The van der Waals surface area contributed by atoms with Gasteiger partial charge >= 0.3 is 0 Å². The monoisotopic (exact) mass is 575 g/mol. The molecule has 0 saturated heterocycles. The standard InChI is InChI=1S/C23H19BrN3O2.HI/c1-26-11-10-19-22(25-23(27(19)2)15-6-4-3-5-7-15)18(26)9-8-16-12-20-21(13-17(16)24)29-14-28-20;/h3-13H,14H2,1-2H3;1H/q+1;/p-1/b9-8+;. The van der Waals surface area contributed by atoms with E-state index in [1.165, 1.54) is 0 Å². The van der Waals surface area contributed by atoms with Gasteiger partial charge in [-0.15, -0.1) is 0 Å². The first-order chi connectivity index (χ1) is 14.1. The Kier molecular flexibility index (Phi) is 5.84. The van der Waals surface area contributed by atoms with Crippen LogP contribution in [-0.2, 0) is 14.1 Å². The smallest absolute Gasteiger partial charge is 0.233 e.